The van der Waals surface area contributed by atoms with Crippen molar-refractivity contribution in [3.8, 4) is 17.1 Å². The highest BCUT2D eigenvalue weighted by Gasteiger charge is 2.13. The SMILES string of the molecule is Cc1ccoc2c(O)c(=O)ccc1-2. The van der Waals surface area contributed by atoms with Gasteiger partial charge in [-0.3, -0.25) is 4.79 Å². The fraction of sp³-hybridized carbons (Fsp3) is 0.100. The van der Waals surface area contributed by atoms with Gasteiger partial charge in [0.15, 0.2) is 5.76 Å². The Kier molecular flexibility index (Phi) is 1.59. The fourth-order valence-corrected chi connectivity index (χ4v) is 1.28. The third kappa shape index (κ3) is 1.09. The van der Waals surface area contributed by atoms with Crippen molar-refractivity contribution in [1.82, 2.24) is 0 Å². The molecular weight excluding hydrogens is 168 g/mol. The van der Waals surface area contributed by atoms with E-state index in [2.05, 4.69) is 0 Å². The highest BCUT2D eigenvalue weighted by Crippen LogP contribution is 2.29. The Hall–Kier alpha value is -1.77. The van der Waals surface area contributed by atoms with E-state index in [0.29, 0.717) is 0 Å². The molecule has 0 amide bonds. The maximum Gasteiger partial charge on any atom is 0.224 e. The molecule has 0 radical (unpaired) electrons. The van der Waals surface area contributed by atoms with Gasteiger partial charge >= 0.3 is 0 Å². The molecule has 0 aromatic rings. The van der Waals surface area contributed by atoms with Crippen molar-refractivity contribution >= 4 is 0 Å². The Balaban J connectivity index is 2.92. The van der Waals surface area contributed by atoms with Crippen LogP contribution in [0.2, 0.25) is 0 Å². The van der Waals surface area contributed by atoms with E-state index in [9.17, 15) is 9.90 Å². The monoisotopic (exact) mass is 176 g/mol. The van der Waals surface area contributed by atoms with Crippen LogP contribution in [0.1, 0.15) is 5.56 Å². The summed E-state index contributed by atoms with van der Waals surface area (Å²) in [6.07, 6.45) is 1.46. The van der Waals surface area contributed by atoms with Crippen LogP contribution in [0, 0.1) is 6.92 Å². The van der Waals surface area contributed by atoms with E-state index >= 15 is 0 Å². The molecule has 3 heteroatoms. The summed E-state index contributed by atoms with van der Waals surface area (Å²) in [5.74, 6) is -0.0614. The lowest BCUT2D eigenvalue weighted by Gasteiger charge is -2.06. The summed E-state index contributed by atoms with van der Waals surface area (Å²) in [5, 5.41) is 9.38. The summed E-state index contributed by atoms with van der Waals surface area (Å²) in [6.45, 7) is 1.89. The van der Waals surface area contributed by atoms with Crippen molar-refractivity contribution in [3.63, 3.8) is 0 Å². The molecule has 1 aliphatic carbocycles. The van der Waals surface area contributed by atoms with Crippen LogP contribution in [-0.2, 0) is 0 Å². The number of aryl methyl sites for hydroxylation is 1. The molecule has 13 heavy (non-hydrogen) atoms. The minimum Gasteiger partial charge on any atom is -0.502 e. The van der Waals surface area contributed by atoms with Crippen molar-refractivity contribution in [2.24, 2.45) is 0 Å². The van der Waals surface area contributed by atoms with E-state index in [4.69, 9.17) is 4.42 Å². The molecule has 1 heterocycles. The van der Waals surface area contributed by atoms with Gasteiger partial charge in [-0.05, 0) is 30.7 Å². The minimum absolute atomic E-state index is 0.257. The molecule has 0 fully saturated rings. The summed E-state index contributed by atoms with van der Waals surface area (Å²) in [4.78, 5) is 11.0. The Labute approximate surface area is 74.6 Å². The molecule has 1 aliphatic heterocycles. The molecule has 0 atom stereocenters. The van der Waals surface area contributed by atoms with E-state index in [1.165, 1.54) is 12.3 Å². The smallest absolute Gasteiger partial charge is 0.224 e. The average Bonchev–Trinajstić information content (AvgIpc) is 2.12. The van der Waals surface area contributed by atoms with Gasteiger partial charge in [0.2, 0.25) is 11.2 Å². The molecule has 2 aliphatic rings. The van der Waals surface area contributed by atoms with Crippen LogP contribution >= 0.6 is 0 Å². The second kappa shape index (κ2) is 2.62. The maximum atomic E-state index is 11.0. The molecule has 1 N–H and O–H groups in total. The summed E-state index contributed by atoms with van der Waals surface area (Å²) >= 11 is 0. The van der Waals surface area contributed by atoms with E-state index < -0.39 is 5.43 Å². The number of fused-ring (bicyclic) bond motifs is 1. The van der Waals surface area contributed by atoms with Crippen LogP contribution in [-0.4, -0.2) is 5.11 Å². The summed E-state index contributed by atoms with van der Waals surface area (Å²) in [7, 11) is 0. The molecule has 3 nitrogen and oxygen atoms in total. The van der Waals surface area contributed by atoms with E-state index in [0.717, 1.165) is 11.1 Å². The van der Waals surface area contributed by atoms with Crippen molar-refractivity contribution in [3.05, 3.63) is 40.2 Å². The number of rotatable bonds is 0. The van der Waals surface area contributed by atoms with Crippen molar-refractivity contribution in [2.75, 3.05) is 0 Å². The molecule has 0 spiro atoms. The second-order valence-electron chi connectivity index (χ2n) is 2.89. The zero-order valence-electron chi connectivity index (χ0n) is 7.07. The van der Waals surface area contributed by atoms with Crippen molar-refractivity contribution in [2.45, 2.75) is 6.92 Å². The van der Waals surface area contributed by atoms with Crippen LogP contribution in [0.4, 0.5) is 0 Å². The third-order valence-electron chi connectivity index (χ3n) is 2.02. The van der Waals surface area contributed by atoms with Gasteiger partial charge < -0.3 is 9.52 Å². The van der Waals surface area contributed by atoms with E-state index in [-0.39, 0.29) is 11.5 Å². The zero-order chi connectivity index (χ0) is 9.42. The number of phenols is 1. The maximum absolute atomic E-state index is 11.0. The Morgan fingerprint density at radius 1 is 1.31 bits per heavy atom. The fourth-order valence-electron chi connectivity index (χ4n) is 1.28. The van der Waals surface area contributed by atoms with Gasteiger partial charge in [-0.15, -0.1) is 0 Å². The second-order valence-corrected chi connectivity index (χ2v) is 2.89. The quantitative estimate of drug-likeness (QED) is 0.665. The van der Waals surface area contributed by atoms with Gasteiger partial charge in [0, 0.05) is 5.56 Å². The molecule has 0 bridgehead atoms. The molecule has 0 aromatic heterocycles. The first-order chi connectivity index (χ1) is 6.20. The lowest BCUT2D eigenvalue weighted by atomic mass is 10.1. The Morgan fingerprint density at radius 3 is 2.85 bits per heavy atom. The number of hydrogen-bond acceptors (Lipinski definition) is 3. The van der Waals surface area contributed by atoms with E-state index in [1.807, 2.05) is 6.92 Å². The van der Waals surface area contributed by atoms with Crippen molar-refractivity contribution < 1.29 is 9.52 Å². The van der Waals surface area contributed by atoms with Crippen LogP contribution in [0.3, 0.4) is 0 Å². The van der Waals surface area contributed by atoms with Gasteiger partial charge in [0.1, 0.15) is 0 Å². The van der Waals surface area contributed by atoms with Gasteiger partial charge in [-0.25, -0.2) is 0 Å². The first kappa shape index (κ1) is 7.86. The molecule has 0 unspecified atom stereocenters. The first-order valence-corrected chi connectivity index (χ1v) is 3.90. The molecular formula is C10H8O3. The predicted molar refractivity (Wildman–Crippen MR) is 48.0 cm³/mol. The highest BCUT2D eigenvalue weighted by molar-refractivity contribution is 5.68. The number of benzene rings is 1. The number of phenolic OH excluding ortho intramolecular Hbond substituents is 1. The molecule has 2 rings (SSSR count). The Morgan fingerprint density at radius 2 is 2.08 bits per heavy atom. The lowest BCUT2D eigenvalue weighted by Crippen LogP contribution is -2.00. The highest BCUT2D eigenvalue weighted by atomic mass is 16.3. The largest absolute Gasteiger partial charge is 0.502 e. The predicted octanol–water partition coefficient (Wildman–Crippen LogP) is 1.76. The van der Waals surface area contributed by atoms with Crippen LogP contribution in [0.5, 0.6) is 5.75 Å². The molecule has 0 saturated heterocycles. The van der Waals surface area contributed by atoms with Crippen LogP contribution in [0.25, 0.3) is 11.3 Å². The average molecular weight is 176 g/mol. The summed E-state index contributed by atoms with van der Waals surface area (Å²) in [5.41, 5.74) is 1.32. The summed E-state index contributed by atoms with van der Waals surface area (Å²) < 4.78 is 5.05. The molecule has 0 aromatic carbocycles. The first-order valence-electron chi connectivity index (χ1n) is 3.90. The normalized spacial score (nSPS) is 10.5. The molecule has 0 saturated carbocycles. The minimum atomic E-state index is -0.415. The van der Waals surface area contributed by atoms with Gasteiger partial charge in [-0.1, -0.05) is 0 Å². The number of hydrogen-bond donors (Lipinski definition) is 1. The standard InChI is InChI=1S/C10H8O3/c1-6-4-5-13-10-7(6)2-3-8(11)9(10)12/h2-5,12H,1H3. The zero-order valence-corrected chi connectivity index (χ0v) is 7.07. The topological polar surface area (TPSA) is 50.4 Å². The van der Waals surface area contributed by atoms with Gasteiger partial charge in [0.05, 0.1) is 6.26 Å². The third-order valence-corrected chi connectivity index (χ3v) is 2.02. The van der Waals surface area contributed by atoms with Gasteiger partial charge in [0.25, 0.3) is 0 Å². The number of aromatic hydroxyl groups is 1. The van der Waals surface area contributed by atoms with E-state index in [1.54, 1.807) is 12.1 Å². The lowest BCUT2D eigenvalue weighted by molar-refractivity contribution is 0.442. The van der Waals surface area contributed by atoms with Crippen LogP contribution in [0.15, 0.2) is 33.7 Å². The van der Waals surface area contributed by atoms with Gasteiger partial charge in [-0.2, -0.15) is 0 Å². The molecule has 66 valence electrons. The Bertz CT molecular complexity index is 470. The summed E-state index contributed by atoms with van der Waals surface area (Å²) in [6, 6.07) is 4.77. The van der Waals surface area contributed by atoms with Crippen molar-refractivity contribution in [1.29, 1.82) is 0 Å². The van der Waals surface area contributed by atoms with Crippen LogP contribution < -0.4 is 5.43 Å².